The van der Waals surface area contributed by atoms with Gasteiger partial charge in [0, 0.05) is 17.0 Å². The molecule has 1 aliphatic heterocycles. The fraction of sp³-hybridized carbons (Fsp3) is 0.105. The summed E-state index contributed by atoms with van der Waals surface area (Å²) < 4.78 is 11.2. The zero-order valence-corrected chi connectivity index (χ0v) is 14.8. The van der Waals surface area contributed by atoms with Gasteiger partial charge in [0.05, 0.1) is 22.8 Å². The fourth-order valence-electron chi connectivity index (χ4n) is 2.96. The number of H-pyrrole nitrogens is 1. The molecule has 2 aromatic carbocycles. The first-order valence-electron chi connectivity index (χ1n) is 8.40. The predicted octanol–water partition coefficient (Wildman–Crippen LogP) is 3.98. The van der Waals surface area contributed by atoms with E-state index in [-0.39, 0.29) is 0 Å². The number of imidazole rings is 1. The minimum Gasteiger partial charge on any atom is -0.486 e. The van der Waals surface area contributed by atoms with Crippen LogP contribution in [0.4, 0.5) is 5.95 Å². The van der Waals surface area contributed by atoms with E-state index in [1.54, 1.807) is 6.21 Å². The van der Waals surface area contributed by atoms with Gasteiger partial charge in [0.25, 0.3) is 0 Å². The van der Waals surface area contributed by atoms with Crippen LogP contribution in [0, 0.1) is 0 Å². The molecule has 7 nitrogen and oxygen atoms in total. The Hall–Kier alpha value is -3.32. The molecular weight excluding hydrogens is 366 g/mol. The largest absolute Gasteiger partial charge is 0.486 e. The summed E-state index contributed by atoms with van der Waals surface area (Å²) >= 11 is 6.31. The number of para-hydroxylation sites is 2. The highest BCUT2D eigenvalue weighted by atomic mass is 35.5. The Kier molecular flexibility index (Phi) is 3.79. The molecule has 134 valence electrons. The minimum atomic E-state index is 0.356. The van der Waals surface area contributed by atoms with Crippen LogP contribution in [0.3, 0.4) is 0 Å². The van der Waals surface area contributed by atoms with Gasteiger partial charge in [-0.05, 0) is 24.3 Å². The number of ether oxygens (including phenoxy) is 2. The van der Waals surface area contributed by atoms with Crippen LogP contribution in [0.15, 0.2) is 47.6 Å². The monoisotopic (exact) mass is 379 g/mol. The highest BCUT2D eigenvalue weighted by Gasteiger charge is 2.14. The highest BCUT2D eigenvalue weighted by molar-refractivity contribution is 6.32. The quantitative estimate of drug-likeness (QED) is 0.319. The third-order valence-electron chi connectivity index (χ3n) is 4.22. The van der Waals surface area contributed by atoms with Gasteiger partial charge in [-0.3, -0.25) is 0 Å². The molecule has 3 heterocycles. The zero-order valence-electron chi connectivity index (χ0n) is 14.1. The zero-order chi connectivity index (χ0) is 18.2. The van der Waals surface area contributed by atoms with Crippen molar-refractivity contribution >= 4 is 45.7 Å². The van der Waals surface area contributed by atoms with Gasteiger partial charge >= 0.3 is 0 Å². The molecule has 5 rings (SSSR count). The molecule has 0 unspecified atom stereocenters. The van der Waals surface area contributed by atoms with E-state index in [4.69, 9.17) is 21.1 Å². The summed E-state index contributed by atoms with van der Waals surface area (Å²) in [6.07, 6.45) is 1.61. The molecule has 8 heteroatoms. The lowest BCUT2D eigenvalue weighted by molar-refractivity contribution is 0.172. The van der Waals surface area contributed by atoms with Gasteiger partial charge in [-0.2, -0.15) is 5.10 Å². The number of rotatable bonds is 3. The summed E-state index contributed by atoms with van der Waals surface area (Å²) in [5.74, 6) is 1.95. The first-order chi connectivity index (χ1) is 13.3. The number of hydrazone groups is 1. The van der Waals surface area contributed by atoms with E-state index in [0.717, 1.165) is 21.9 Å². The third kappa shape index (κ3) is 3.02. The summed E-state index contributed by atoms with van der Waals surface area (Å²) in [5.41, 5.74) is 6.11. The molecule has 2 N–H and O–H groups in total. The maximum Gasteiger partial charge on any atom is 0.222 e. The standard InChI is InChI=1S/C19H14ClN5O2/c20-18-12(10-21-25-19-23-13-3-1-2-4-14(13)24-19)7-11-8-16-17(9-15(11)22-18)27-6-5-26-16/h1-4,7-10H,5-6H2,(H2,23,24,25)/b21-10-. The number of nitrogens with one attached hydrogen (secondary N) is 2. The lowest BCUT2D eigenvalue weighted by atomic mass is 10.1. The Balaban J connectivity index is 1.43. The number of anilines is 1. The van der Waals surface area contributed by atoms with Gasteiger partial charge in [-0.15, -0.1) is 0 Å². The van der Waals surface area contributed by atoms with E-state index in [9.17, 15) is 0 Å². The lowest BCUT2D eigenvalue weighted by Gasteiger charge is -2.18. The van der Waals surface area contributed by atoms with E-state index in [1.807, 2.05) is 42.5 Å². The van der Waals surface area contributed by atoms with Gasteiger partial charge in [0.2, 0.25) is 5.95 Å². The molecule has 2 aromatic heterocycles. The van der Waals surface area contributed by atoms with Crippen molar-refractivity contribution in [3.05, 3.63) is 53.2 Å². The second-order valence-electron chi connectivity index (χ2n) is 6.03. The first-order valence-corrected chi connectivity index (χ1v) is 8.78. The maximum atomic E-state index is 6.31. The number of aromatic nitrogens is 3. The van der Waals surface area contributed by atoms with Crippen molar-refractivity contribution < 1.29 is 9.47 Å². The minimum absolute atomic E-state index is 0.356. The van der Waals surface area contributed by atoms with Gasteiger partial charge < -0.3 is 14.5 Å². The van der Waals surface area contributed by atoms with Crippen LogP contribution >= 0.6 is 11.6 Å². The van der Waals surface area contributed by atoms with Crippen molar-refractivity contribution in [3.63, 3.8) is 0 Å². The van der Waals surface area contributed by atoms with E-state index in [2.05, 4.69) is 25.5 Å². The van der Waals surface area contributed by atoms with Crippen LogP contribution in [0.2, 0.25) is 5.15 Å². The van der Waals surface area contributed by atoms with Crippen LogP contribution in [0.25, 0.3) is 21.9 Å². The topological polar surface area (TPSA) is 84.4 Å². The van der Waals surface area contributed by atoms with Gasteiger partial charge in [-0.25, -0.2) is 15.4 Å². The molecule has 0 amide bonds. The molecule has 0 saturated heterocycles. The molecule has 0 aliphatic carbocycles. The number of hydrogen-bond acceptors (Lipinski definition) is 6. The van der Waals surface area contributed by atoms with Crippen molar-refractivity contribution in [2.24, 2.45) is 5.10 Å². The molecule has 0 radical (unpaired) electrons. The van der Waals surface area contributed by atoms with Gasteiger partial charge in [0.15, 0.2) is 11.5 Å². The van der Waals surface area contributed by atoms with E-state index in [0.29, 0.717) is 41.4 Å². The van der Waals surface area contributed by atoms with Crippen molar-refractivity contribution in [2.75, 3.05) is 18.6 Å². The van der Waals surface area contributed by atoms with Crippen LogP contribution in [0.1, 0.15) is 5.56 Å². The lowest BCUT2D eigenvalue weighted by Crippen LogP contribution is -2.15. The van der Waals surface area contributed by atoms with Crippen molar-refractivity contribution in [3.8, 4) is 11.5 Å². The van der Waals surface area contributed by atoms with E-state index >= 15 is 0 Å². The molecule has 4 aromatic rings. The Morgan fingerprint density at radius 1 is 1.04 bits per heavy atom. The van der Waals surface area contributed by atoms with Crippen LogP contribution in [-0.2, 0) is 0 Å². The van der Waals surface area contributed by atoms with Crippen molar-refractivity contribution in [1.29, 1.82) is 0 Å². The SMILES string of the molecule is Clc1nc2cc3c(cc2cc1/C=N\Nc1nc2ccccc2[nH]1)OCCO3. The molecule has 1 aliphatic rings. The molecule has 0 spiro atoms. The molecule has 27 heavy (non-hydrogen) atoms. The summed E-state index contributed by atoms with van der Waals surface area (Å²) in [7, 11) is 0. The van der Waals surface area contributed by atoms with Gasteiger partial charge in [-0.1, -0.05) is 23.7 Å². The normalized spacial score (nSPS) is 13.5. The summed E-state index contributed by atoms with van der Waals surface area (Å²) in [4.78, 5) is 12.0. The predicted molar refractivity (Wildman–Crippen MR) is 105 cm³/mol. The van der Waals surface area contributed by atoms with Crippen LogP contribution < -0.4 is 14.9 Å². The molecule has 0 saturated carbocycles. The second kappa shape index (κ2) is 6.44. The Bertz CT molecular complexity index is 1150. The van der Waals surface area contributed by atoms with Crippen molar-refractivity contribution in [1.82, 2.24) is 15.0 Å². The molecular formula is C19H14ClN5O2. The number of aromatic amines is 1. The Morgan fingerprint density at radius 2 is 1.85 bits per heavy atom. The third-order valence-corrected chi connectivity index (χ3v) is 4.53. The maximum absolute atomic E-state index is 6.31. The molecule has 0 fully saturated rings. The average Bonchev–Trinajstić information content (AvgIpc) is 3.10. The number of hydrogen-bond donors (Lipinski definition) is 2. The average molecular weight is 380 g/mol. The number of pyridine rings is 1. The smallest absolute Gasteiger partial charge is 0.222 e. The van der Waals surface area contributed by atoms with Crippen LogP contribution in [0.5, 0.6) is 11.5 Å². The number of fused-ring (bicyclic) bond motifs is 3. The van der Waals surface area contributed by atoms with Crippen LogP contribution in [-0.4, -0.2) is 34.4 Å². The fourth-order valence-corrected chi connectivity index (χ4v) is 3.16. The van der Waals surface area contributed by atoms with Crippen molar-refractivity contribution in [2.45, 2.75) is 0 Å². The first kappa shape index (κ1) is 15.9. The summed E-state index contributed by atoms with van der Waals surface area (Å²) in [6, 6.07) is 13.4. The Morgan fingerprint density at radius 3 is 2.70 bits per heavy atom. The number of benzene rings is 2. The Labute approximate surface area is 159 Å². The second-order valence-corrected chi connectivity index (χ2v) is 6.39. The van der Waals surface area contributed by atoms with E-state index in [1.165, 1.54) is 0 Å². The highest BCUT2D eigenvalue weighted by Crippen LogP contribution is 2.34. The number of nitrogens with zero attached hydrogens (tertiary/aromatic N) is 3. The molecule has 0 bridgehead atoms. The van der Waals surface area contributed by atoms with Gasteiger partial charge in [0.1, 0.15) is 18.4 Å². The number of halogens is 1. The summed E-state index contributed by atoms with van der Waals surface area (Å²) in [6.45, 7) is 1.07. The summed E-state index contributed by atoms with van der Waals surface area (Å²) in [5, 5.41) is 5.47. The molecule has 0 atom stereocenters. The van der Waals surface area contributed by atoms with E-state index < -0.39 is 0 Å².